The molecule has 0 aliphatic carbocycles. The van der Waals surface area contributed by atoms with Crippen molar-refractivity contribution in [1.82, 2.24) is 4.90 Å². The minimum absolute atomic E-state index is 0.745. The van der Waals surface area contributed by atoms with Crippen molar-refractivity contribution in [3.05, 3.63) is 11.6 Å². The van der Waals surface area contributed by atoms with E-state index in [-0.39, 0.29) is 0 Å². The highest BCUT2D eigenvalue weighted by molar-refractivity contribution is 7.99. The predicted octanol–water partition coefficient (Wildman–Crippen LogP) is 3.42. The molecule has 88 valence electrons. The topological polar surface area (TPSA) is 3.24 Å². The monoisotopic (exact) mass is 227 g/mol. The predicted molar refractivity (Wildman–Crippen MR) is 71.6 cm³/mol. The van der Waals surface area contributed by atoms with E-state index in [1.54, 1.807) is 5.57 Å². The van der Waals surface area contributed by atoms with E-state index in [1.807, 2.05) is 0 Å². The standard InChI is InChI=1S/C13H25NS/c1-5-15-12(4)10-14-8-6-13(7-9-14)11(2)3/h6,11-12H,5,7-10H2,1-4H3. The summed E-state index contributed by atoms with van der Waals surface area (Å²) in [5.74, 6) is 1.98. The van der Waals surface area contributed by atoms with Crippen LogP contribution in [0.25, 0.3) is 0 Å². The highest BCUT2D eigenvalue weighted by Gasteiger charge is 2.15. The first-order valence-electron chi connectivity index (χ1n) is 6.16. The van der Waals surface area contributed by atoms with Crippen molar-refractivity contribution in [2.75, 3.05) is 25.4 Å². The molecule has 0 bridgehead atoms. The molecule has 0 radical (unpaired) electrons. The van der Waals surface area contributed by atoms with Gasteiger partial charge in [0.1, 0.15) is 0 Å². The molecule has 1 atom stereocenters. The quantitative estimate of drug-likeness (QED) is 0.662. The lowest BCUT2D eigenvalue weighted by Crippen LogP contribution is -2.34. The third kappa shape index (κ3) is 4.60. The van der Waals surface area contributed by atoms with Crippen LogP contribution in [0.5, 0.6) is 0 Å². The lowest BCUT2D eigenvalue weighted by Gasteiger charge is -2.29. The van der Waals surface area contributed by atoms with Gasteiger partial charge in [-0.15, -0.1) is 0 Å². The van der Waals surface area contributed by atoms with Gasteiger partial charge in [-0.2, -0.15) is 11.8 Å². The fourth-order valence-corrected chi connectivity index (χ4v) is 3.00. The molecule has 1 aliphatic heterocycles. The Kier molecular flexibility index (Phi) is 5.77. The van der Waals surface area contributed by atoms with E-state index in [0.29, 0.717) is 0 Å². The van der Waals surface area contributed by atoms with Gasteiger partial charge in [-0.3, -0.25) is 4.90 Å². The maximum absolute atomic E-state index is 2.58. The van der Waals surface area contributed by atoms with Crippen molar-refractivity contribution < 1.29 is 0 Å². The summed E-state index contributed by atoms with van der Waals surface area (Å²) >= 11 is 2.07. The van der Waals surface area contributed by atoms with Crippen LogP contribution in [0.3, 0.4) is 0 Å². The maximum atomic E-state index is 2.58. The number of rotatable bonds is 5. The molecule has 0 amide bonds. The van der Waals surface area contributed by atoms with Crippen LogP contribution in [0.15, 0.2) is 11.6 Å². The van der Waals surface area contributed by atoms with Crippen LogP contribution in [-0.2, 0) is 0 Å². The van der Waals surface area contributed by atoms with Gasteiger partial charge in [0, 0.05) is 24.9 Å². The average molecular weight is 227 g/mol. The number of thioether (sulfide) groups is 1. The normalized spacial score (nSPS) is 20.5. The van der Waals surface area contributed by atoms with Crippen molar-refractivity contribution in [2.24, 2.45) is 5.92 Å². The molecule has 0 N–H and O–H groups in total. The molecule has 0 saturated carbocycles. The van der Waals surface area contributed by atoms with Crippen LogP contribution in [0.4, 0.5) is 0 Å². The zero-order valence-electron chi connectivity index (χ0n) is 10.6. The Bertz CT molecular complexity index is 211. The summed E-state index contributed by atoms with van der Waals surface area (Å²) < 4.78 is 0. The fraction of sp³-hybridized carbons (Fsp3) is 0.846. The van der Waals surface area contributed by atoms with E-state index in [0.717, 1.165) is 11.2 Å². The van der Waals surface area contributed by atoms with Gasteiger partial charge in [-0.05, 0) is 18.1 Å². The third-order valence-corrected chi connectivity index (χ3v) is 4.09. The Balaban J connectivity index is 2.31. The van der Waals surface area contributed by atoms with Gasteiger partial charge >= 0.3 is 0 Å². The molecule has 0 aromatic rings. The Labute approximate surface area is 99.3 Å². The SMILES string of the molecule is CCSC(C)CN1CC=C(C(C)C)CC1. The van der Waals surface area contributed by atoms with Crippen LogP contribution in [0, 0.1) is 5.92 Å². The molecule has 15 heavy (non-hydrogen) atoms. The second kappa shape index (κ2) is 6.59. The average Bonchev–Trinajstić information content (AvgIpc) is 2.18. The lowest BCUT2D eigenvalue weighted by atomic mass is 9.97. The summed E-state index contributed by atoms with van der Waals surface area (Å²) in [5, 5.41) is 0.781. The smallest absolute Gasteiger partial charge is 0.0166 e. The minimum Gasteiger partial charge on any atom is -0.298 e. The van der Waals surface area contributed by atoms with Gasteiger partial charge in [-0.1, -0.05) is 39.3 Å². The molecule has 0 spiro atoms. The third-order valence-electron chi connectivity index (χ3n) is 3.04. The highest BCUT2D eigenvalue weighted by Crippen LogP contribution is 2.20. The van der Waals surface area contributed by atoms with Crippen LogP contribution in [-0.4, -0.2) is 35.5 Å². The zero-order valence-corrected chi connectivity index (χ0v) is 11.4. The van der Waals surface area contributed by atoms with E-state index < -0.39 is 0 Å². The summed E-state index contributed by atoms with van der Waals surface area (Å²) in [6, 6.07) is 0. The highest BCUT2D eigenvalue weighted by atomic mass is 32.2. The molecule has 1 nitrogen and oxygen atoms in total. The van der Waals surface area contributed by atoms with Crippen molar-refractivity contribution >= 4 is 11.8 Å². The van der Waals surface area contributed by atoms with Gasteiger partial charge in [0.25, 0.3) is 0 Å². The van der Waals surface area contributed by atoms with E-state index in [4.69, 9.17) is 0 Å². The van der Waals surface area contributed by atoms with E-state index in [9.17, 15) is 0 Å². The Morgan fingerprint density at radius 1 is 1.40 bits per heavy atom. The summed E-state index contributed by atoms with van der Waals surface area (Å²) in [7, 11) is 0. The van der Waals surface area contributed by atoms with E-state index >= 15 is 0 Å². The van der Waals surface area contributed by atoms with Gasteiger partial charge in [0.15, 0.2) is 0 Å². The van der Waals surface area contributed by atoms with Crippen molar-refractivity contribution in [3.63, 3.8) is 0 Å². The van der Waals surface area contributed by atoms with Gasteiger partial charge in [-0.25, -0.2) is 0 Å². The second-order valence-electron chi connectivity index (χ2n) is 4.71. The van der Waals surface area contributed by atoms with Crippen LogP contribution in [0.1, 0.15) is 34.1 Å². The summed E-state index contributed by atoms with van der Waals surface area (Å²) in [4.78, 5) is 2.58. The molecule has 1 aliphatic rings. The van der Waals surface area contributed by atoms with Gasteiger partial charge in [0.05, 0.1) is 0 Å². The molecule has 0 aromatic heterocycles. The van der Waals surface area contributed by atoms with Crippen LogP contribution < -0.4 is 0 Å². The first kappa shape index (κ1) is 13.1. The number of nitrogens with zero attached hydrogens (tertiary/aromatic N) is 1. The first-order chi connectivity index (χ1) is 7.13. The minimum atomic E-state index is 0.745. The van der Waals surface area contributed by atoms with Crippen LogP contribution in [0.2, 0.25) is 0 Å². The largest absolute Gasteiger partial charge is 0.298 e. The fourth-order valence-electron chi connectivity index (χ4n) is 2.12. The Hall–Kier alpha value is 0.0500. The molecule has 2 heteroatoms. The summed E-state index contributed by atoms with van der Waals surface area (Å²) in [6.07, 6.45) is 3.72. The lowest BCUT2D eigenvalue weighted by molar-refractivity contribution is 0.293. The summed E-state index contributed by atoms with van der Waals surface area (Å²) in [5.41, 5.74) is 1.65. The second-order valence-corrected chi connectivity index (χ2v) is 6.42. The summed E-state index contributed by atoms with van der Waals surface area (Å²) in [6.45, 7) is 12.9. The van der Waals surface area contributed by atoms with Gasteiger partial charge in [0.2, 0.25) is 0 Å². The van der Waals surface area contributed by atoms with E-state index in [1.165, 1.54) is 31.8 Å². The molecule has 1 heterocycles. The van der Waals surface area contributed by atoms with E-state index in [2.05, 4.69) is 50.4 Å². The molecule has 0 fully saturated rings. The maximum Gasteiger partial charge on any atom is 0.0166 e. The molecular formula is C13H25NS. The number of hydrogen-bond donors (Lipinski definition) is 0. The molecule has 1 rings (SSSR count). The van der Waals surface area contributed by atoms with Crippen LogP contribution >= 0.6 is 11.8 Å². The molecular weight excluding hydrogens is 202 g/mol. The Morgan fingerprint density at radius 3 is 2.60 bits per heavy atom. The Morgan fingerprint density at radius 2 is 2.13 bits per heavy atom. The molecule has 0 aromatic carbocycles. The number of hydrogen-bond acceptors (Lipinski definition) is 2. The zero-order chi connectivity index (χ0) is 11.3. The van der Waals surface area contributed by atoms with Crippen molar-refractivity contribution in [3.8, 4) is 0 Å². The molecule has 1 unspecified atom stereocenters. The van der Waals surface area contributed by atoms with Gasteiger partial charge < -0.3 is 0 Å². The van der Waals surface area contributed by atoms with Crippen molar-refractivity contribution in [2.45, 2.75) is 39.4 Å². The molecule has 0 saturated heterocycles. The van der Waals surface area contributed by atoms with Crippen molar-refractivity contribution in [1.29, 1.82) is 0 Å². The first-order valence-corrected chi connectivity index (χ1v) is 7.21.